The molecule has 0 fully saturated rings. The van der Waals surface area contributed by atoms with Crippen LogP contribution in [0.5, 0.6) is 11.5 Å². The molecule has 4 rings (SSSR count). The summed E-state index contributed by atoms with van der Waals surface area (Å²) in [5, 5.41) is 0.833. The van der Waals surface area contributed by atoms with E-state index in [1.165, 1.54) is 6.07 Å². The first-order chi connectivity index (χ1) is 10.8. The highest BCUT2D eigenvalue weighted by Crippen LogP contribution is 2.32. The van der Waals surface area contributed by atoms with Crippen molar-refractivity contribution in [2.75, 3.05) is 6.79 Å². The van der Waals surface area contributed by atoms with Crippen LogP contribution >= 0.6 is 0 Å². The predicted octanol–water partition coefficient (Wildman–Crippen LogP) is 3.27. The Morgan fingerprint density at radius 3 is 2.82 bits per heavy atom. The average Bonchev–Trinajstić information content (AvgIpc) is 3.00. The number of aliphatic imine (C=N–C) groups is 1. The first-order valence-electron chi connectivity index (χ1n) is 6.76. The highest BCUT2D eigenvalue weighted by molar-refractivity contribution is 5.85. The van der Waals surface area contributed by atoms with Crippen LogP contribution < -0.4 is 15.1 Å². The number of fused-ring (bicyclic) bond motifs is 2. The zero-order chi connectivity index (χ0) is 14.9. The second-order valence-corrected chi connectivity index (χ2v) is 4.85. The van der Waals surface area contributed by atoms with E-state index in [0.717, 1.165) is 28.1 Å². The van der Waals surface area contributed by atoms with Gasteiger partial charge in [-0.3, -0.25) is 4.99 Å². The van der Waals surface area contributed by atoms with Gasteiger partial charge in [0, 0.05) is 17.7 Å². The summed E-state index contributed by atoms with van der Waals surface area (Å²) in [6, 6.07) is 14.2. The number of benzene rings is 2. The topological polar surface area (TPSA) is 61.0 Å². The molecule has 3 aromatic rings. The van der Waals surface area contributed by atoms with Crippen molar-refractivity contribution >= 4 is 22.9 Å². The Morgan fingerprint density at radius 2 is 1.86 bits per heavy atom. The van der Waals surface area contributed by atoms with E-state index in [9.17, 15) is 4.79 Å². The lowest BCUT2D eigenvalue weighted by Crippen LogP contribution is -1.93. The second-order valence-electron chi connectivity index (χ2n) is 4.85. The molecule has 2 aromatic carbocycles. The molecule has 0 aliphatic carbocycles. The molecule has 108 valence electrons. The first-order valence-corrected chi connectivity index (χ1v) is 6.76. The molecule has 0 saturated heterocycles. The van der Waals surface area contributed by atoms with Gasteiger partial charge in [0.2, 0.25) is 6.79 Å². The predicted molar refractivity (Wildman–Crippen MR) is 82.3 cm³/mol. The highest BCUT2D eigenvalue weighted by atomic mass is 16.7. The zero-order valence-corrected chi connectivity index (χ0v) is 11.5. The fraction of sp³-hybridized carbons (Fsp3) is 0.0588. The summed E-state index contributed by atoms with van der Waals surface area (Å²) >= 11 is 0. The van der Waals surface area contributed by atoms with Gasteiger partial charge in [0.25, 0.3) is 0 Å². The van der Waals surface area contributed by atoms with Crippen molar-refractivity contribution in [3.8, 4) is 11.5 Å². The minimum absolute atomic E-state index is 0.256. The number of nitrogens with zero attached hydrogens (tertiary/aromatic N) is 1. The Morgan fingerprint density at radius 1 is 0.955 bits per heavy atom. The molecule has 0 radical (unpaired) electrons. The minimum Gasteiger partial charge on any atom is -0.454 e. The average molecular weight is 293 g/mol. The normalized spacial score (nSPS) is 13.1. The fourth-order valence-corrected chi connectivity index (χ4v) is 2.28. The number of rotatable bonds is 2. The maximum absolute atomic E-state index is 11.2. The van der Waals surface area contributed by atoms with Crippen molar-refractivity contribution in [3.63, 3.8) is 0 Å². The molecule has 2 heterocycles. The molecule has 0 N–H and O–H groups in total. The highest BCUT2D eigenvalue weighted by Gasteiger charge is 2.12. The third kappa shape index (κ3) is 2.33. The van der Waals surface area contributed by atoms with Crippen LogP contribution in [0, 0.1) is 0 Å². The molecule has 0 saturated carbocycles. The monoisotopic (exact) mass is 293 g/mol. The van der Waals surface area contributed by atoms with Gasteiger partial charge in [-0.2, -0.15) is 0 Å². The van der Waals surface area contributed by atoms with Gasteiger partial charge in [0.15, 0.2) is 11.5 Å². The van der Waals surface area contributed by atoms with Crippen LogP contribution in [0.3, 0.4) is 0 Å². The van der Waals surface area contributed by atoms with Gasteiger partial charge in [-0.15, -0.1) is 0 Å². The lowest BCUT2D eigenvalue weighted by molar-refractivity contribution is 0.174. The van der Waals surface area contributed by atoms with Gasteiger partial charge < -0.3 is 13.9 Å². The van der Waals surface area contributed by atoms with Crippen LogP contribution in [0.1, 0.15) is 5.56 Å². The van der Waals surface area contributed by atoms with E-state index >= 15 is 0 Å². The van der Waals surface area contributed by atoms with Crippen LogP contribution in [-0.4, -0.2) is 13.0 Å². The number of ether oxygens (including phenoxy) is 2. The summed E-state index contributed by atoms with van der Waals surface area (Å²) in [6.07, 6.45) is 1.75. The molecule has 0 amide bonds. The van der Waals surface area contributed by atoms with Crippen molar-refractivity contribution in [3.05, 3.63) is 64.5 Å². The molecule has 1 aliphatic rings. The van der Waals surface area contributed by atoms with E-state index < -0.39 is 0 Å². The van der Waals surface area contributed by atoms with E-state index in [4.69, 9.17) is 13.9 Å². The summed E-state index contributed by atoms with van der Waals surface area (Å²) in [5.74, 6) is 1.47. The SMILES string of the molecule is O=c1ccc2cc(N=Cc3ccc4c(c3)OCO4)ccc2o1. The van der Waals surface area contributed by atoms with Gasteiger partial charge in [0.05, 0.1) is 5.69 Å². The van der Waals surface area contributed by atoms with E-state index in [-0.39, 0.29) is 12.4 Å². The Labute approximate surface area is 125 Å². The summed E-state index contributed by atoms with van der Waals surface area (Å²) in [4.78, 5) is 15.6. The molecule has 5 heteroatoms. The van der Waals surface area contributed by atoms with Gasteiger partial charge in [-0.25, -0.2) is 4.79 Å². The Hall–Kier alpha value is -3.08. The lowest BCUT2D eigenvalue weighted by atomic mass is 10.2. The summed E-state index contributed by atoms with van der Waals surface area (Å²) < 4.78 is 15.7. The Balaban J connectivity index is 1.65. The van der Waals surface area contributed by atoms with Crippen molar-refractivity contribution in [2.45, 2.75) is 0 Å². The first kappa shape index (κ1) is 12.6. The zero-order valence-electron chi connectivity index (χ0n) is 11.5. The van der Waals surface area contributed by atoms with Gasteiger partial charge in [0.1, 0.15) is 5.58 Å². The molecule has 1 aromatic heterocycles. The molecule has 22 heavy (non-hydrogen) atoms. The Kier molecular flexibility index (Phi) is 2.89. The molecule has 0 bridgehead atoms. The molecule has 0 atom stereocenters. The van der Waals surface area contributed by atoms with Crippen molar-refractivity contribution in [2.24, 2.45) is 4.99 Å². The van der Waals surface area contributed by atoms with E-state index in [1.54, 1.807) is 24.4 Å². The van der Waals surface area contributed by atoms with Crippen molar-refractivity contribution < 1.29 is 13.9 Å². The fourth-order valence-electron chi connectivity index (χ4n) is 2.28. The largest absolute Gasteiger partial charge is 0.454 e. The lowest BCUT2D eigenvalue weighted by Gasteiger charge is -1.99. The maximum atomic E-state index is 11.2. The minimum atomic E-state index is -0.357. The summed E-state index contributed by atoms with van der Waals surface area (Å²) in [7, 11) is 0. The quantitative estimate of drug-likeness (QED) is 0.537. The van der Waals surface area contributed by atoms with Gasteiger partial charge in [-0.1, -0.05) is 0 Å². The van der Waals surface area contributed by atoms with E-state index in [2.05, 4.69) is 4.99 Å². The molecule has 0 spiro atoms. The summed E-state index contributed by atoms with van der Waals surface area (Å²) in [5.41, 5.74) is 1.89. The number of hydrogen-bond acceptors (Lipinski definition) is 5. The van der Waals surface area contributed by atoms with Crippen molar-refractivity contribution in [1.82, 2.24) is 0 Å². The Bertz CT molecular complexity index is 943. The van der Waals surface area contributed by atoms with Crippen LogP contribution in [-0.2, 0) is 0 Å². The number of hydrogen-bond donors (Lipinski definition) is 0. The van der Waals surface area contributed by atoms with Gasteiger partial charge >= 0.3 is 5.63 Å². The maximum Gasteiger partial charge on any atom is 0.336 e. The van der Waals surface area contributed by atoms with Crippen LogP contribution in [0.15, 0.2) is 62.7 Å². The second kappa shape index (κ2) is 5.04. The summed E-state index contributed by atoms with van der Waals surface area (Å²) in [6.45, 7) is 0.256. The molecule has 5 nitrogen and oxygen atoms in total. The molecule has 0 unspecified atom stereocenters. The van der Waals surface area contributed by atoms with E-state index in [0.29, 0.717) is 5.58 Å². The third-order valence-electron chi connectivity index (χ3n) is 3.36. The third-order valence-corrected chi connectivity index (χ3v) is 3.36. The van der Waals surface area contributed by atoms with Crippen LogP contribution in [0.25, 0.3) is 11.0 Å². The van der Waals surface area contributed by atoms with Crippen LogP contribution in [0.4, 0.5) is 5.69 Å². The molecular formula is C17H11NO4. The molecular weight excluding hydrogens is 282 g/mol. The van der Waals surface area contributed by atoms with E-state index in [1.807, 2.05) is 24.3 Å². The van der Waals surface area contributed by atoms with Crippen LogP contribution in [0.2, 0.25) is 0 Å². The smallest absolute Gasteiger partial charge is 0.336 e. The molecule has 1 aliphatic heterocycles. The van der Waals surface area contributed by atoms with Crippen molar-refractivity contribution in [1.29, 1.82) is 0 Å². The standard InChI is InChI=1S/C17H11NO4/c19-17-6-2-12-8-13(3-5-14(12)22-17)18-9-11-1-4-15-16(7-11)21-10-20-15/h1-9H,10H2. The van der Waals surface area contributed by atoms with Gasteiger partial charge in [-0.05, 0) is 48.0 Å².